The van der Waals surface area contributed by atoms with Crippen LogP contribution in [0.3, 0.4) is 0 Å². The molecule has 0 aliphatic heterocycles. The zero-order chi connectivity index (χ0) is 12.7. The molecule has 2 nitrogen and oxygen atoms in total. The van der Waals surface area contributed by atoms with Crippen molar-refractivity contribution in [2.24, 2.45) is 0 Å². The second-order valence-electron chi connectivity index (χ2n) is 4.11. The molecule has 1 N–H and O–H groups in total. The van der Waals surface area contributed by atoms with Crippen molar-refractivity contribution >= 4 is 11.3 Å². The van der Waals surface area contributed by atoms with Gasteiger partial charge in [-0.2, -0.15) is 0 Å². The van der Waals surface area contributed by atoms with Gasteiger partial charge < -0.3 is 5.11 Å². The minimum absolute atomic E-state index is 0.0686. The number of aliphatic hydroxyl groups is 1. The minimum Gasteiger partial charge on any atom is -0.384 e. The van der Waals surface area contributed by atoms with E-state index < -0.39 is 0 Å². The van der Waals surface area contributed by atoms with Gasteiger partial charge in [0, 0.05) is 17.5 Å². The van der Waals surface area contributed by atoms with Gasteiger partial charge in [0.05, 0.1) is 4.88 Å². The van der Waals surface area contributed by atoms with Gasteiger partial charge in [-0.15, -0.1) is 11.3 Å². The van der Waals surface area contributed by atoms with Crippen LogP contribution in [0, 0.1) is 11.8 Å². The molecule has 1 heterocycles. The van der Waals surface area contributed by atoms with Crippen LogP contribution in [-0.2, 0) is 6.54 Å². The van der Waals surface area contributed by atoms with Gasteiger partial charge in [0.15, 0.2) is 0 Å². The van der Waals surface area contributed by atoms with Crippen molar-refractivity contribution in [3.8, 4) is 11.8 Å². The van der Waals surface area contributed by atoms with Crippen molar-refractivity contribution in [1.82, 2.24) is 4.90 Å². The molecule has 0 saturated heterocycles. The van der Waals surface area contributed by atoms with E-state index in [1.165, 1.54) is 17.7 Å². The summed E-state index contributed by atoms with van der Waals surface area (Å²) in [5, 5.41) is 8.64. The molecule has 0 radical (unpaired) electrons. The maximum absolute atomic E-state index is 8.64. The van der Waals surface area contributed by atoms with Gasteiger partial charge in [0.1, 0.15) is 6.61 Å². The summed E-state index contributed by atoms with van der Waals surface area (Å²) in [5.74, 6) is 5.62. The van der Waals surface area contributed by atoms with Crippen LogP contribution in [0.5, 0.6) is 0 Å². The summed E-state index contributed by atoms with van der Waals surface area (Å²) in [5.41, 5.74) is 0. The summed E-state index contributed by atoms with van der Waals surface area (Å²) in [7, 11) is 2.18. The highest BCUT2D eigenvalue weighted by molar-refractivity contribution is 7.12. The summed E-state index contributed by atoms with van der Waals surface area (Å²) in [6, 6.07) is 4.82. The second kappa shape index (κ2) is 7.50. The van der Waals surface area contributed by atoms with Crippen LogP contribution in [0.1, 0.15) is 36.4 Å². The lowest BCUT2D eigenvalue weighted by atomic mass is 10.1. The third-order valence-corrected chi connectivity index (χ3v) is 3.91. The average Bonchev–Trinajstić information content (AvgIpc) is 2.75. The molecule has 1 aromatic heterocycles. The summed E-state index contributed by atoms with van der Waals surface area (Å²) in [4.78, 5) is 4.77. The molecule has 0 spiro atoms. The average molecular weight is 251 g/mol. The molecule has 1 rings (SSSR count). The number of hydrogen-bond acceptors (Lipinski definition) is 3. The van der Waals surface area contributed by atoms with E-state index in [0.717, 1.165) is 11.4 Å². The van der Waals surface area contributed by atoms with Gasteiger partial charge in [0.25, 0.3) is 0 Å². The van der Waals surface area contributed by atoms with Crippen LogP contribution >= 0.6 is 11.3 Å². The molecule has 0 aromatic carbocycles. The lowest BCUT2D eigenvalue weighted by Gasteiger charge is -2.25. The Bertz CT molecular complexity index is 384. The smallest absolute Gasteiger partial charge is 0.104 e. The van der Waals surface area contributed by atoms with Gasteiger partial charge in [-0.05, 0) is 32.0 Å². The fourth-order valence-corrected chi connectivity index (χ4v) is 2.89. The Morgan fingerprint density at radius 3 is 2.65 bits per heavy atom. The van der Waals surface area contributed by atoms with Crippen LogP contribution in [0.2, 0.25) is 0 Å². The SMILES string of the molecule is CCC(CC)N(C)Cc1ccc(C#CCO)s1. The monoisotopic (exact) mass is 251 g/mol. The van der Waals surface area contributed by atoms with E-state index in [2.05, 4.69) is 43.7 Å². The highest BCUT2D eigenvalue weighted by atomic mass is 32.1. The van der Waals surface area contributed by atoms with Crippen molar-refractivity contribution in [3.05, 3.63) is 21.9 Å². The molecule has 0 aliphatic carbocycles. The van der Waals surface area contributed by atoms with E-state index in [-0.39, 0.29) is 6.61 Å². The van der Waals surface area contributed by atoms with Gasteiger partial charge in [-0.3, -0.25) is 4.90 Å². The van der Waals surface area contributed by atoms with Crippen LogP contribution in [-0.4, -0.2) is 29.7 Å². The molecule has 0 bridgehead atoms. The Hall–Kier alpha value is -0.820. The molecule has 0 amide bonds. The zero-order valence-corrected chi connectivity index (χ0v) is 11.7. The van der Waals surface area contributed by atoms with E-state index in [0.29, 0.717) is 6.04 Å². The third-order valence-electron chi connectivity index (χ3n) is 2.92. The Balaban J connectivity index is 2.59. The molecular formula is C14H21NOS. The van der Waals surface area contributed by atoms with Gasteiger partial charge in [-0.1, -0.05) is 25.7 Å². The Labute approximate surface area is 108 Å². The van der Waals surface area contributed by atoms with Crippen LogP contribution in [0.25, 0.3) is 0 Å². The number of thiophene rings is 1. The molecule has 0 atom stereocenters. The van der Waals surface area contributed by atoms with Crippen molar-refractivity contribution < 1.29 is 5.11 Å². The second-order valence-corrected chi connectivity index (χ2v) is 5.28. The lowest BCUT2D eigenvalue weighted by Crippen LogP contribution is -2.29. The maximum atomic E-state index is 8.64. The lowest BCUT2D eigenvalue weighted by molar-refractivity contribution is 0.223. The standard InChI is InChI=1S/C14H21NOS/c1-4-12(5-2)15(3)11-14-9-8-13(17-14)7-6-10-16/h8-9,12,16H,4-5,10-11H2,1-3H3. The third kappa shape index (κ3) is 4.51. The highest BCUT2D eigenvalue weighted by Crippen LogP contribution is 2.19. The molecule has 0 fully saturated rings. The zero-order valence-electron chi connectivity index (χ0n) is 10.9. The number of nitrogens with zero attached hydrogens (tertiary/aromatic N) is 1. The molecular weight excluding hydrogens is 230 g/mol. The predicted molar refractivity (Wildman–Crippen MR) is 74.1 cm³/mol. The van der Waals surface area contributed by atoms with Crippen LogP contribution in [0.4, 0.5) is 0 Å². The maximum Gasteiger partial charge on any atom is 0.104 e. The molecule has 3 heteroatoms. The van der Waals surface area contributed by atoms with Gasteiger partial charge in [-0.25, -0.2) is 0 Å². The molecule has 0 saturated carbocycles. The number of hydrogen-bond donors (Lipinski definition) is 1. The van der Waals surface area contributed by atoms with E-state index in [4.69, 9.17) is 5.11 Å². The van der Waals surface area contributed by atoms with Crippen molar-refractivity contribution in [1.29, 1.82) is 0 Å². The predicted octanol–water partition coefficient (Wildman–Crippen LogP) is 2.71. The molecule has 17 heavy (non-hydrogen) atoms. The molecule has 94 valence electrons. The molecule has 1 aromatic rings. The largest absolute Gasteiger partial charge is 0.384 e. The highest BCUT2D eigenvalue weighted by Gasteiger charge is 2.11. The summed E-state index contributed by atoms with van der Waals surface area (Å²) >= 11 is 1.71. The van der Waals surface area contributed by atoms with E-state index in [9.17, 15) is 0 Å². The first kappa shape index (κ1) is 14.2. The Morgan fingerprint density at radius 1 is 1.35 bits per heavy atom. The fourth-order valence-electron chi connectivity index (χ4n) is 1.94. The summed E-state index contributed by atoms with van der Waals surface area (Å²) in [6.07, 6.45) is 2.38. The van der Waals surface area contributed by atoms with E-state index >= 15 is 0 Å². The number of aliphatic hydroxyl groups excluding tert-OH is 1. The normalized spacial score (nSPS) is 10.7. The van der Waals surface area contributed by atoms with Gasteiger partial charge in [0.2, 0.25) is 0 Å². The molecule has 0 unspecified atom stereocenters. The Kier molecular flexibility index (Phi) is 6.28. The first-order chi connectivity index (χ1) is 8.21. The molecule has 0 aliphatic rings. The first-order valence-corrected chi connectivity index (χ1v) is 6.91. The van der Waals surface area contributed by atoms with E-state index in [1.54, 1.807) is 11.3 Å². The van der Waals surface area contributed by atoms with Crippen LogP contribution < -0.4 is 0 Å². The topological polar surface area (TPSA) is 23.5 Å². The van der Waals surface area contributed by atoms with Gasteiger partial charge >= 0.3 is 0 Å². The van der Waals surface area contributed by atoms with Crippen molar-refractivity contribution in [3.63, 3.8) is 0 Å². The Morgan fingerprint density at radius 2 is 2.06 bits per heavy atom. The first-order valence-electron chi connectivity index (χ1n) is 6.09. The van der Waals surface area contributed by atoms with Crippen LogP contribution in [0.15, 0.2) is 12.1 Å². The quantitative estimate of drug-likeness (QED) is 0.813. The van der Waals surface area contributed by atoms with Crippen molar-refractivity contribution in [2.45, 2.75) is 39.3 Å². The minimum atomic E-state index is -0.0686. The fraction of sp³-hybridized carbons (Fsp3) is 0.571. The summed E-state index contributed by atoms with van der Waals surface area (Å²) in [6.45, 7) is 5.38. The van der Waals surface area contributed by atoms with E-state index in [1.807, 2.05) is 6.07 Å². The number of rotatable bonds is 5. The van der Waals surface area contributed by atoms with Crippen molar-refractivity contribution in [2.75, 3.05) is 13.7 Å². The summed E-state index contributed by atoms with van der Waals surface area (Å²) < 4.78 is 0.